The third kappa shape index (κ3) is 4.14. The van der Waals surface area contributed by atoms with Crippen LogP contribution in [0.2, 0.25) is 5.02 Å². The van der Waals surface area contributed by atoms with E-state index in [1.54, 1.807) is 0 Å². The van der Waals surface area contributed by atoms with E-state index in [9.17, 15) is 14.0 Å². The number of nitrogens with one attached hydrogen (secondary N) is 1. The van der Waals surface area contributed by atoms with Gasteiger partial charge in [0.2, 0.25) is 0 Å². The van der Waals surface area contributed by atoms with Crippen molar-refractivity contribution in [2.75, 3.05) is 36.4 Å². The summed E-state index contributed by atoms with van der Waals surface area (Å²) >= 11 is 5.68. The predicted molar refractivity (Wildman–Crippen MR) is 100 cm³/mol. The van der Waals surface area contributed by atoms with E-state index in [0.717, 1.165) is 11.8 Å². The predicted octanol–water partition coefficient (Wildman–Crippen LogP) is 3.07. The van der Waals surface area contributed by atoms with Gasteiger partial charge in [0.25, 0.3) is 0 Å². The summed E-state index contributed by atoms with van der Waals surface area (Å²) in [7, 11) is 0. The van der Waals surface area contributed by atoms with Crippen molar-refractivity contribution in [3.05, 3.63) is 58.9 Å². The highest BCUT2D eigenvalue weighted by atomic mass is 35.5. The van der Waals surface area contributed by atoms with E-state index in [-0.39, 0.29) is 10.7 Å². The standard InChI is InChI=1S/C19H19ClFN3O2/c1-13-3-2-4-15(11-13)23-7-9-24(10-8-23)19(26)18(25)22-14-5-6-17(21)16(20)12-14/h2-6,11-12H,7-10H2,1H3,(H,22,25). The Balaban J connectivity index is 1.57. The number of benzene rings is 2. The van der Waals surface area contributed by atoms with Gasteiger partial charge >= 0.3 is 11.8 Å². The molecule has 1 aliphatic rings. The fourth-order valence-corrected chi connectivity index (χ4v) is 3.08. The van der Waals surface area contributed by atoms with Crippen molar-refractivity contribution in [3.63, 3.8) is 0 Å². The topological polar surface area (TPSA) is 52.7 Å². The average molecular weight is 376 g/mol. The zero-order chi connectivity index (χ0) is 18.7. The largest absolute Gasteiger partial charge is 0.368 e. The van der Waals surface area contributed by atoms with Gasteiger partial charge in [0, 0.05) is 37.6 Å². The molecule has 0 aliphatic carbocycles. The molecule has 1 saturated heterocycles. The van der Waals surface area contributed by atoms with Crippen LogP contribution in [0.3, 0.4) is 0 Å². The number of carbonyl (C=O) groups excluding carboxylic acids is 2. The Morgan fingerprint density at radius 3 is 2.46 bits per heavy atom. The molecule has 26 heavy (non-hydrogen) atoms. The SMILES string of the molecule is Cc1cccc(N2CCN(C(=O)C(=O)Nc3ccc(F)c(Cl)c3)CC2)c1. The second kappa shape index (κ2) is 7.74. The normalized spacial score (nSPS) is 14.3. The van der Waals surface area contributed by atoms with Gasteiger partial charge in [-0.25, -0.2) is 4.39 Å². The molecule has 2 aromatic carbocycles. The highest BCUT2D eigenvalue weighted by Crippen LogP contribution is 2.20. The molecule has 0 aromatic heterocycles. The molecular formula is C19H19ClFN3O2. The molecule has 1 heterocycles. The van der Waals surface area contributed by atoms with Crippen molar-refractivity contribution in [1.29, 1.82) is 0 Å². The van der Waals surface area contributed by atoms with Crippen molar-refractivity contribution >= 4 is 34.8 Å². The van der Waals surface area contributed by atoms with Gasteiger partial charge in [-0.05, 0) is 42.8 Å². The Hall–Kier alpha value is -2.60. The molecule has 0 spiro atoms. The number of halogens is 2. The number of hydrogen-bond donors (Lipinski definition) is 1. The van der Waals surface area contributed by atoms with E-state index >= 15 is 0 Å². The van der Waals surface area contributed by atoms with Gasteiger partial charge in [0.15, 0.2) is 0 Å². The van der Waals surface area contributed by atoms with Crippen LogP contribution in [0.25, 0.3) is 0 Å². The van der Waals surface area contributed by atoms with Crippen molar-refractivity contribution < 1.29 is 14.0 Å². The van der Waals surface area contributed by atoms with Crippen LogP contribution in [-0.2, 0) is 9.59 Å². The van der Waals surface area contributed by atoms with E-state index in [4.69, 9.17) is 11.6 Å². The number of nitrogens with zero attached hydrogens (tertiary/aromatic N) is 2. The summed E-state index contributed by atoms with van der Waals surface area (Å²) < 4.78 is 13.2. The summed E-state index contributed by atoms with van der Waals surface area (Å²) in [5.41, 5.74) is 2.58. The molecule has 0 saturated carbocycles. The third-order valence-corrected chi connectivity index (χ3v) is 4.60. The number of carbonyl (C=O) groups is 2. The number of amides is 2. The Labute approximate surface area is 156 Å². The first-order valence-corrected chi connectivity index (χ1v) is 8.69. The quantitative estimate of drug-likeness (QED) is 0.821. The van der Waals surface area contributed by atoms with Crippen LogP contribution in [-0.4, -0.2) is 42.9 Å². The van der Waals surface area contributed by atoms with Crippen LogP contribution < -0.4 is 10.2 Å². The summed E-state index contributed by atoms with van der Waals surface area (Å²) in [6.45, 7) is 4.28. The summed E-state index contributed by atoms with van der Waals surface area (Å²) in [6, 6.07) is 12.0. The number of anilines is 2. The van der Waals surface area contributed by atoms with Crippen molar-refractivity contribution in [2.24, 2.45) is 0 Å². The first kappa shape index (κ1) is 18.2. The van der Waals surface area contributed by atoms with Gasteiger partial charge in [0.1, 0.15) is 5.82 Å². The molecule has 0 unspecified atom stereocenters. The van der Waals surface area contributed by atoms with Crippen molar-refractivity contribution in [1.82, 2.24) is 4.90 Å². The molecule has 7 heteroatoms. The number of piperazine rings is 1. The van der Waals surface area contributed by atoms with Gasteiger partial charge in [-0.3, -0.25) is 9.59 Å². The molecule has 0 bridgehead atoms. The van der Waals surface area contributed by atoms with E-state index in [1.165, 1.54) is 22.6 Å². The van der Waals surface area contributed by atoms with Crippen LogP contribution in [0.1, 0.15) is 5.56 Å². The lowest BCUT2D eigenvalue weighted by Crippen LogP contribution is -2.51. The Bertz CT molecular complexity index is 835. The maximum atomic E-state index is 13.2. The zero-order valence-corrected chi connectivity index (χ0v) is 15.1. The first-order chi connectivity index (χ1) is 12.4. The third-order valence-electron chi connectivity index (χ3n) is 4.31. The molecule has 2 amide bonds. The van der Waals surface area contributed by atoms with Gasteiger partial charge < -0.3 is 15.1 Å². The molecule has 0 radical (unpaired) electrons. The number of hydrogen-bond acceptors (Lipinski definition) is 3. The van der Waals surface area contributed by atoms with E-state index in [1.807, 2.05) is 25.1 Å². The average Bonchev–Trinajstić information content (AvgIpc) is 2.64. The van der Waals surface area contributed by atoms with Crippen LogP contribution in [0.4, 0.5) is 15.8 Å². The summed E-state index contributed by atoms with van der Waals surface area (Å²) in [5.74, 6) is -1.94. The molecule has 1 fully saturated rings. The Kier molecular flexibility index (Phi) is 5.42. The van der Waals surface area contributed by atoms with Crippen LogP contribution in [0, 0.1) is 12.7 Å². The maximum absolute atomic E-state index is 13.2. The minimum absolute atomic E-state index is 0.109. The first-order valence-electron chi connectivity index (χ1n) is 8.31. The number of aryl methyl sites for hydroxylation is 1. The smallest absolute Gasteiger partial charge is 0.313 e. The van der Waals surface area contributed by atoms with Crippen LogP contribution in [0.5, 0.6) is 0 Å². The van der Waals surface area contributed by atoms with E-state index in [2.05, 4.69) is 16.3 Å². The van der Waals surface area contributed by atoms with Gasteiger partial charge in [-0.15, -0.1) is 0 Å². The second-order valence-electron chi connectivity index (χ2n) is 6.20. The Morgan fingerprint density at radius 1 is 1.08 bits per heavy atom. The maximum Gasteiger partial charge on any atom is 0.313 e. The lowest BCUT2D eigenvalue weighted by molar-refractivity contribution is -0.143. The fraction of sp³-hybridized carbons (Fsp3) is 0.263. The van der Waals surface area contributed by atoms with Gasteiger partial charge in [0.05, 0.1) is 5.02 Å². The summed E-state index contributed by atoms with van der Waals surface area (Å²) in [6.07, 6.45) is 0. The molecule has 136 valence electrons. The van der Waals surface area contributed by atoms with Crippen molar-refractivity contribution in [2.45, 2.75) is 6.92 Å². The summed E-state index contributed by atoms with van der Waals surface area (Å²) in [5, 5.41) is 2.35. The molecule has 5 nitrogen and oxygen atoms in total. The van der Waals surface area contributed by atoms with E-state index < -0.39 is 17.6 Å². The van der Waals surface area contributed by atoms with Gasteiger partial charge in [-0.2, -0.15) is 0 Å². The van der Waals surface area contributed by atoms with Crippen LogP contribution in [0.15, 0.2) is 42.5 Å². The lowest BCUT2D eigenvalue weighted by Gasteiger charge is -2.35. The number of rotatable bonds is 2. The second-order valence-corrected chi connectivity index (χ2v) is 6.61. The lowest BCUT2D eigenvalue weighted by atomic mass is 10.2. The molecular weight excluding hydrogens is 357 g/mol. The molecule has 0 atom stereocenters. The van der Waals surface area contributed by atoms with Crippen LogP contribution >= 0.6 is 11.6 Å². The molecule has 2 aromatic rings. The molecule has 3 rings (SSSR count). The fourth-order valence-electron chi connectivity index (χ4n) is 2.89. The van der Waals surface area contributed by atoms with E-state index in [0.29, 0.717) is 26.2 Å². The minimum Gasteiger partial charge on any atom is -0.368 e. The van der Waals surface area contributed by atoms with Gasteiger partial charge in [-0.1, -0.05) is 23.7 Å². The monoisotopic (exact) mass is 375 g/mol. The summed E-state index contributed by atoms with van der Waals surface area (Å²) in [4.78, 5) is 28.2. The zero-order valence-electron chi connectivity index (χ0n) is 14.3. The highest BCUT2D eigenvalue weighted by Gasteiger charge is 2.26. The Morgan fingerprint density at radius 2 is 1.81 bits per heavy atom. The minimum atomic E-state index is -0.753. The molecule has 1 N–H and O–H groups in total. The molecule has 1 aliphatic heterocycles. The van der Waals surface area contributed by atoms with Crippen molar-refractivity contribution in [3.8, 4) is 0 Å². The highest BCUT2D eigenvalue weighted by molar-refractivity contribution is 6.39.